The average molecular weight is 334 g/mol. The Bertz CT molecular complexity index is 1160. The van der Waals surface area contributed by atoms with Crippen LogP contribution in [-0.2, 0) is 5.41 Å². The molecule has 0 radical (unpaired) electrons. The molecule has 0 saturated heterocycles. The van der Waals surface area contributed by atoms with Gasteiger partial charge in [0, 0.05) is 5.41 Å². The summed E-state index contributed by atoms with van der Waals surface area (Å²) in [5.41, 5.74) is 9.60. The Hall–Kier alpha value is -2.86. The lowest BCUT2D eigenvalue weighted by molar-refractivity contribution is 0.660. The molecule has 0 aromatic heterocycles. The first-order valence-corrected chi connectivity index (χ1v) is 9.30. The van der Waals surface area contributed by atoms with Gasteiger partial charge in [-0.05, 0) is 57.1 Å². The van der Waals surface area contributed by atoms with Crippen molar-refractivity contribution < 1.29 is 0 Å². The molecule has 0 spiro atoms. The fourth-order valence-electron chi connectivity index (χ4n) is 4.51. The second kappa shape index (κ2) is 5.32. The highest BCUT2D eigenvalue weighted by atomic mass is 14.4. The van der Waals surface area contributed by atoms with Gasteiger partial charge in [-0.1, -0.05) is 92.2 Å². The summed E-state index contributed by atoms with van der Waals surface area (Å²) in [7, 11) is 0. The maximum Gasteiger partial charge on any atom is 0.0159 e. The molecular formula is C26H22. The zero-order valence-corrected chi connectivity index (χ0v) is 15.5. The molecule has 1 aliphatic rings. The molecule has 0 atom stereocenters. The van der Waals surface area contributed by atoms with Crippen molar-refractivity contribution in [2.75, 3.05) is 0 Å². The van der Waals surface area contributed by atoms with Crippen LogP contribution in [0.3, 0.4) is 0 Å². The number of benzene rings is 4. The Morgan fingerprint density at radius 1 is 0.615 bits per heavy atom. The maximum atomic E-state index is 2.41. The highest BCUT2D eigenvalue weighted by molar-refractivity contribution is 5.98. The molecule has 4 aromatic carbocycles. The quantitative estimate of drug-likeness (QED) is 0.347. The van der Waals surface area contributed by atoms with Gasteiger partial charge in [-0.15, -0.1) is 0 Å². The van der Waals surface area contributed by atoms with Crippen molar-refractivity contribution in [3.8, 4) is 22.3 Å². The number of fused-ring (bicyclic) bond motifs is 4. The van der Waals surface area contributed by atoms with Gasteiger partial charge in [0.15, 0.2) is 0 Å². The van der Waals surface area contributed by atoms with Crippen molar-refractivity contribution in [2.24, 2.45) is 0 Å². The summed E-state index contributed by atoms with van der Waals surface area (Å²) >= 11 is 0. The number of aryl methyl sites for hydroxylation is 1. The van der Waals surface area contributed by atoms with E-state index in [-0.39, 0.29) is 5.41 Å². The first kappa shape index (κ1) is 15.4. The highest BCUT2D eigenvalue weighted by Crippen LogP contribution is 2.49. The van der Waals surface area contributed by atoms with Gasteiger partial charge in [-0.2, -0.15) is 0 Å². The minimum Gasteiger partial charge on any atom is -0.0619 e. The summed E-state index contributed by atoms with van der Waals surface area (Å²) in [6.45, 7) is 6.85. The summed E-state index contributed by atoms with van der Waals surface area (Å²) in [4.78, 5) is 0. The Balaban J connectivity index is 1.76. The van der Waals surface area contributed by atoms with Gasteiger partial charge in [0.1, 0.15) is 0 Å². The summed E-state index contributed by atoms with van der Waals surface area (Å²) in [6.07, 6.45) is 0. The second-order valence-corrected chi connectivity index (χ2v) is 7.96. The first-order chi connectivity index (χ1) is 12.6. The molecule has 0 nitrogen and oxygen atoms in total. The lowest BCUT2D eigenvalue weighted by Crippen LogP contribution is -2.14. The van der Waals surface area contributed by atoms with Gasteiger partial charge in [0.25, 0.3) is 0 Å². The Morgan fingerprint density at radius 2 is 1.38 bits per heavy atom. The zero-order chi connectivity index (χ0) is 17.9. The second-order valence-electron chi connectivity index (χ2n) is 7.96. The van der Waals surface area contributed by atoms with E-state index in [9.17, 15) is 0 Å². The summed E-state index contributed by atoms with van der Waals surface area (Å²) < 4.78 is 0. The van der Waals surface area contributed by atoms with E-state index in [0.717, 1.165) is 0 Å². The van der Waals surface area contributed by atoms with Crippen molar-refractivity contribution in [1.29, 1.82) is 0 Å². The molecule has 0 fully saturated rings. The highest BCUT2D eigenvalue weighted by Gasteiger charge is 2.35. The molecule has 126 valence electrons. The number of hydrogen-bond acceptors (Lipinski definition) is 0. The van der Waals surface area contributed by atoms with Crippen LogP contribution in [0.2, 0.25) is 0 Å². The molecule has 0 heteroatoms. The van der Waals surface area contributed by atoms with Crippen LogP contribution in [0.25, 0.3) is 33.0 Å². The molecular weight excluding hydrogens is 312 g/mol. The van der Waals surface area contributed by atoms with E-state index >= 15 is 0 Å². The van der Waals surface area contributed by atoms with Gasteiger partial charge in [-0.25, -0.2) is 0 Å². The van der Waals surface area contributed by atoms with Crippen LogP contribution in [-0.4, -0.2) is 0 Å². The van der Waals surface area contributed by atoms with Crippen molar-refractivity contribution in [1.82, 2.24) is 0 Å². The van der Waals surface area contributed by atoms with Gasteiger partial charge in [0.2, 0.25) is 0 Å². The Morgan fingerprint density at radius 3 is 2.27 bits per heavy atom. The average Bonchev–Trinajstić information content (AvgIpc) is 2.89. The molecule has 0 bridgehead atoms. The van der Waals surface area contributed by atoms with Crippen LogP contribution in [0.4, 0.5) is 0 Å². The van der Waals surface area contributed by atoms with E-state index in [1.807, 2.05) is 0 Å². The van der Waals surface area contributed by atoms with Crippen molar-refractivity contribution >= 4 is 10.8 Å². The molecule has 0 unspecified atom stereocenters. The molecule has 5 rings (SSSR count). The molecule has 0 heterocycles. The van der Waals surface area contributed by atoms with Crippen LogP contribution in [0.15, 0.2) is 78.9 Å². The SMILES string of the molecule is Cc1ccc2cccc(-c3ccc4c(c3)C(C)(C)c3ccccc3-4)c2c1. The number of hydrogen-bond donors (Lipinski definition) is 0. The predicted octanol–water partition coefficient (Wildman–Crippen LogP) is 7.12. The fraction of sp³-hybridized carbons (Fsp3) is 0.154. The standard InChI is InChI=1S/C26H22/c1-17-11-12-18-7-6-9-20(23(18)15-17)19-13-14-22-21-8-4-5-10-24(21)26(2,3)25(22)16-19/h4-16H,1-3H3. The molecule has 4 aromatic rings. The zero-order valence-electron chi connectivity index (χ0n) is 15.5. The lowest BCUT2D eigenvalue weighted by atomic mass is 9.81. The molecule has 0 N–H and O–H groups in total. The van der Waals surface area contributed by atoms with Crippen LogP contribution in [0, 0.1) is 6.92 Å². The van der Waals surface area contributed by atoms with Gasteiger partial charge >= 0.3 is 0 Å². The van der Waals surface area contributed by atoms with E-state index < -0.39 is 0 Å². The number of rotatable bonds is 1. The van der Waals surface area contributed by atoms with Gasteiger partial charge < -0.3 is 0 Å². The maximum absolute atomic E-state index is 2.41. The van der Waals surface area contributed by atoms with Crippen LogP contribution >= 0.6 is 0 Å². The monoisotopic (exact) mass is 334 g/mol. The lowest BCUT2D eigenvalue weighted by Gasteiger charge is -2.22. The predicted molar refractivity (Wildman–Crippen MR) is 112 cm³/mol. The smallest absolute Gasteiger partial charge is 0.0159 e. The topological polar surface area (TPSA) is 0 Å². The third-order valence-corrected chi connectivity index (χ3v) is 5.93. The summed E-state index contributed by atoms with van der Waals surface area (Å²) in [5.74, 6) is 0. The molecule has 0 amide bonds. The van der Waals surface area contributed by atoms with Crippen LogP contribution in [0.5, 0.6) is 0 Å². The van der Waals surface area contributed by atoms with Crippen LogP contribution in [0.1, 0.15) is 30.5 Å². The third-order valence-electron chi connectivity index (χ3n) is 5.93. The summed E-state index contributed by atoms with van der Waals surface area (Å²) in [6, 6.07) is 29.2. The summed E-state index contributed by atoms with van der Waals surface area (Å²) in [5, 5.41) is 2.64. The largest absolute Gasteiger partial charge is 0.0619 e. The fourth-order valence-corrected chi connectivity index (χ4v) is 4.51. The molecule has 0 aliphatic heterocycles. The first-order valence-electron chi connectivity index (χ1n) is 9.30. The minimum atomic E-state index is 0.0441. The molecule has 0 saturated carbocycles. The van der Waals surface area contributed by atoms with E-state index in [1.54, 1.807) is 0 Å². The van der Waals surface area contributed by atoms with E-state index in [4.69, 9.17) is 0 Å². The van der Waals surface area contributed by atoms with Crippen LogP contribution < -0.4 is 0 Å². The van der Waals surface area contributed by atoms with E-state index in [0.29, 0.717) is 0 Å². The van der Waals surface area contributed by atoms with E-state index in [2.05, 4.69) is 99.6 Å². The van der Waals surface area contributed by atoms with Gasteiger partial charge in [-0.3, -0.25) is 0 Å². The van der Waals surface area contributed by atoms with Crippen molar-refractivity contribution in [3.05, 3.63) is 95.6 Å². The molecule has 1 aliphatic carbocycles. The Kier molecular flexibility index (Phi) is 3.15. The Labute approximate surface area is 155 Å². The minimum absolute atomic E-state index is 0.0441. The third kappa shape index (κ3) is 2.08. The molecule has 26 heavy (non-hydrogen) atoms. The van der Waals surface area contributed by atoms with Crippen molar-refractivity contribution in [3.63, 3.8) is 0 Å². The van der Waals surface area contributed by atoms with Crippen molar-refractivity contribution in [2.45, 2.75) is 26.2 Å². The van der Waals surface area contributed by atoms with E-state index in [1.165, 1.54) is 49.7 Å². The normalized spacial score (nSPS) is 14.3. The van der Waals surface area contributed by atoms with Gasteiger partial charge in [0.05, 0.1) is 0 Å².